The lowest BCUT2D eigenvalue weighted by atomic mass is 10.2. The van der Waals surface area contributed by atoms with Crippen molar-refractivity contribution in [3.8, 4) is 0 Å². The average molecular weight is 229 g/mol. The summed E-state index contributed by atoms with van der Waals surface area (Å²) in [6, 6.07) is 0.625. The van der Waals surface area contributed by atoms with E-state index in [1.54, 1.807) is 0 Å². The first-order valence-electron chi connectivity index (χ1n) is 6.24. The monoisotopic (exact) mass is 229 g/mol. The van der Waals surface area contributed by atoms with Crippen LogP contribution in [-0.2, 0) is 4.79 Å². The molecule has 0 aromatic carbocycles. The lowest BCUT2D eigenvalue weighted by Gasteiger charge is -2.25. The molecule has 0 saturated carbocycles. The summed E-state index contributed by atoms with van der Waals surface area (Å²) in [7, 11) is 0. The molecule has 1 unspecified atom stereocenters. The van der Waals surface area contributed by atoms with Crippen molar-refractivity contribution in [2.45, 2.75) is 52.6 Å². The number of hydrogen-bond donors (Lipinski definition) is 2. The second-order valence-corrected chi connectivity index (χ2v) is 4.61. The van der Waals surface area contributed by atoms with Crippen molar-refractivity contribution < 1.29 is 4.79 Å². The van der Waals surface area contributed by atoms with Gasteiger partial charge in [-0.2, -0.15) is 0 Å². The number of hydrogen-bond acceptors (Lipinski definition) is 3. The number of carbonyl (C=O) groups excluding carboxylic acids is 1. The first-order chi connectivity index (χ1) is 7.51. The number of nitrogens with two attached hydrogens (primary N) is 1. The summed E-state index contributed by atoms with van der Waals surface area (Å²) < 4.78 is 0. The number of carbonyl (C=O) groups is 1. The minimum Gasteiger partial charge on any atom is -0.353 e. The Hall–Kier alpha value is -0.610. The third-order valence-corrected chi connectivity index (χ3v) is 2.62. The van der Waals surface area contributed by atoms with Gasteiger partial charge in [-0.1, -0.05) is 13.3 Å². The fourth-order valence-electron chi connectivity index (χ4n) is 1.70. The molecule has 16 heavy (non-hydrogen) atoms. The van der Waals surface area contributed by atoms with Gasteiger partial charge in [0.05, 0.1) is 6.54 Å². The third-order valence-electron chi connectivity index (χ3n) is 2.62. The van der Waals surface area contributed by atoms with Gasteiger partial charge in [-0.25, -0.2) is 0 Å². The Labute approximate surface area is 99.6 Å². The first-order valence-corrected chi connectivity index (χ1v) is 6.24. The van der Waals surface area contributed by atoms with Crippen LogP contribution in [0.2, 0.25) is 0 Å². The topological polar surface area (TPSA) is 58.4 Å². The predicted molar refractivity (Wildman–Crippen MR) is 68.3 cm³/mol. The number of amides is 1. The van der Waals surface area contributed by atoms with Crippen LogP contribution in [0.1, 0.15) is 40.5 Å². The molecular weight excluding hydrogens is 202 g/mol. The van der Waals surface area contributed by atoms with Gasteiger partial charge in [0.1, 0.15) is 0 Å². The quantitative estimate of drug-likeness (QED) is 0.652. The zero-order valence-electron chi connectivity index (χ0n) is 11.1. The lowest BCUT2D eigenvalue weighted by molar-refractivity contribution is -0.123. The fraction of sp³-hybridized carbons (Fsp3) is 0.917. The van der Waals surface area contributed by atoms with E-state index in [1.165, 1.54) is 0 Å². The summed E-state index contributed by atoms with van der Waals surface area (Å²) in [5.74, 6) is 0.100. The molecule has 0 heterocycles. The van der Waals surface area contributed by atoms with Crippen molar-refractivity contribution in [3.63, 3.8) is 0 Å². The van der Waals surface area contributed by atoms with Crippen LogP contribution in [-0.4, -0.2) is 42.5 Å². The molecule has 0 bridgehead atoms. The Bertz CT molecular complexity index is 195. The van der Waals surface area contributed by atoms with Crippen LogP contribution in [0.4, 0.5) is 0 Å². The Balaban J connectivity index is 3.99. The van der Waals surface area contributed by atoms with Crippen molar-refractivity contribution in [2.24, 2.45) is 5.73 Å². The summed E-state index contributed by atoms with van der Waals surface area (Å²) in [6.45, 7) is 10.1. The van der Waals surface area contributed by atoms with Crippen molar-refractivity contribution in [1.82, 2.24) is 10.2 Å². The minimum absolute atomic E-state index is 0.100. The average Bonchev–Trinajstić information content (AvgIpc) is 2.16. The number of nitrogens with one attached hydrogen (secondary N) is 1. The smallest absolute Gasteiger partial charge is 0.234 e. The van der Waals surface area contributed by atoms with Crippen LogP contribution < -0.4 is 11.1 Å². The van der Waals surface area contributed by atoms with Gasteiger partial charge in [0.2, 0.25) is 5.91 Å². The second kappa shape index (κ2) is 8.53. The van der Waals surface area contributed by atoms with Gasteiger partial charge < -0.3 is 11.1 Å². The van der Waals surface area contributed by atoms with Crippen LogP contribution in [0.5, 0.6) is 0 Å². The summed E-state index contributed by atoms with van der Waals surface area (Å²) >= 11 is 0. The largest absolute Gasteiger partial charge is 0.353 e. The molecule has 0 aromatic heterocycles. The molecule has 96 valence electrons. The maximum Gasteiger partial charge on any atom is 0.234 e. The summed E-state index contributed by atoms with van der Waals surface area (Å²) in [5, 5.41) is 3.00. The second-order valence-electron chi connectivity index (χ2n) is 4.61. The van der Waals surface area contributed by atoms with Gasteiger partial charge in [-0.15, -0.1) is 0 Å². The molecule has 3 N–H and O–H groups in total. The highest BCUT2D eigenvalue weighted by molar-refractivity contribution is 5.78. The van der Waals surface area contributed by atoms with E-state index >= 15 is 0 Å². The molecule has 0 saturated heterocycles. The van der Waals surface area contributed by atoms with E-state index in [9.17, 15) is 4.79 Å². The summed E-state index contributed by atoms with van der Waals surface area (Å²) in [4.78, 5) is 13.8. The summed E-state index contributed by atoms with van der Waals surface area (Å²) in [6.07, 6.45) is 2.13. The maximum absolute atomic E-state index is 11.7. The maximum atomic E-state index is 11.7. The Morgan fingerprint density at radius 2 is 2.00 bits per heavy atom. The highest BCUT2D eigenvalue weighted by Gasteiger charge is 2.14. The number of nitrogens with zero attached hydrogens (tertiary/aromatic N) is 1. The fourth-order valence-corrected chi connectivity index (χ4v) is 1.70. The molecule has 4 nitrogen and oxygen atoms in total. The van der Waals surface area contributed by atoms with Crippen molar-refractivity contribution in [1.29, 1.82) is 0 Å². The molecule has 0 fully saturated rings. The molecule has 0 aliphatic carbocycles. The van der Waals surface area contributed by atoms with Crippen LogP contribution >= 0.6 is 0 Å². The molecule has 0 aliphatic rings. The molecule has 1 atom stereocenters. The Kier molecular flexibility index (Phi) is 8.21. The van der Waals surface area contributed by atoms with E-state index in [0.717, 1.165) is 19.4 Å². The number of rotatable bonds is 8. The molecule has 0 radical (unpaired) electrons. The lowest BCUT2D eigenvalue weighted by Crippen LogP contribution is -2.45. The Morgan fingerprint density at radius 3 is 2.44 bits per heavy atom. The van der Waals surface area contributed by atoms with Crippen LogP contribution in [0.15, 0.2) is 0 Å². The van der Waals surface area contributed by atoms with Crippen molar-refractivity contribution in [2.75, 3.05) is 19.6 Å². The van der Waals surface area contributed by atoms with Gasteiger partial charge in [-0.05, 0) is 27.2 Å². The van der Waals surface area contributed by atoms with Gasteiger partial charge in [0.15, 0.2) is 0 Å². The highest BCUT2D eigenvalue weighted by atomic mass is 16.2. The van der Waals surface area contributed by atoms with Gasteiger partial charge in [0, 0.05) is 25.2 Å². The highest BCUT2D eigenvalue weighted by Crippen LogP contribution is 1.98. The first kappa shape index (κ1) is 15.4. The minimum atomic E-state index is 0.100. The Morgan fingerprint density at radius 1 is 1.38 bits per heavy atom. The summed E-state index contributed by atoms with van der Waals surface area (Å²) in [5.41, 5.74) is 5.52. The predicted octanol–water partition coefficient (Wildman–Crippen LogP) is 0.960. The van der Waals surface area contributed by atoms with Crippen molar-refractivity contribution >= 4 is 5.91 Å². The molecule has 4 heteroatoms. The van der Waals surface area contributed by atoms with Gasteiger partial charge in [0.25, 0.3) is 0 Å². The van der Waals surface area contributed by atoms with Crippen LogP contribution in [0.25, 0.3) is 0 Å². The van der Waals surface area contributed by atoms with E-state index in [2.05, 4.69) is 31.0 Å². The molecule has 1 amide bonds. The SMILES string of the molecule is CCCC(C)NC(=O)CN(CCN)C(C)C. The molecular formula is C12H27N3O. The van der Waals surface area contributed by atoms with E-state index in [0.29, 0.717) is 19.1 Å². The molecule has 0 aliphatic heterocycles. The van der Waals surface area contributed by atoms with E-state index < -0.39 is 0 Å². The van der Waals surface area contributed by atoms with Gasteiger partial charge in [-0.3, -0.25) is 9.69 Å². The zero-order chi connectivity index (χ0) is 12.6. The molecule has 0 spiro atoms. The van der Waals surface area contributed by atoms with Gasteiger partial charge >= 0.3 is 0 Å². The van der Waals surface area contributed by atoms with Crippen LogP contribution in [0.3, 0.4) is 0 Å². The van der Waals surface area contributed by atoms with E-state index in [1.807, 2.05) is 6.92 Å². The zero-order valence-corrected chi connectivity index (χ0v) is 11.1. The van der Waals surface area contributed by atoms with E-state index in [-0.39, 0.29) is 11.9 Å². The standard InChI is InChI=1S/C12H27N3O/c1-5-6-11(4)14-12(16)9-15(8-7-13)10(2)3/h10-11H,5-9,13H2,1-4H3,(H,14,16). The van der Waals surface area contributed by atoms with Crippen molar-refractivity contribution in [3.05, 3.63) is 0 Å². The normalized spacial score (nSPS) is 13.2. The third kappa shape index (κ3) is 6.80. The van der Waals surface area contributed by atoms with E-state index in [4.69, 9.17) is 5.73 Å². The van der Waals surface area contributed by atoms with Crippen LogP contribution in [0, 0.1) is 0 Å². The molecule has 0 aromatic rings. The molecule has 0 rings (SSSR count).